The molecule has 0 spiro atoms. The number of phenolic OH excluding ortho intramolecular Hbond substituents is 1. The number of thioether (sulfide) groups is 1. The Morgan fingerprint density at radius 2 is 1.86 bits per heavy atom. The van der Waals surface area contributed by atoms with Crippen molar-refractivity contribution in [3.63, 3.8) is 0 Å². The van der Waals surface area contributed by atoms with E-state index in [9.17, 15) is 14.7 Å². The molecule has 10 heteroatoms. The number of carbonyl (C=O) groups excluding carboxylic acids is 2. The van der Waals surface area contributed by atoms with Gasteiger partial charge in [0.2, 0.25) is 11.8 Å². The fraction of sp³-hybridized carbons (Fsp3) is 0.360. The van der Waals surface area contributed by atoms with Gasteiger partial charge in [0.1, 0.15) is 18.0 Å². The van der Waals surface area contributed by atoms with Crippen molar-refractivity contribution in [3.05, 3.63) is 48.5 Å². The Hall–Kier alpha value is -3.53. The van der Waals surface area contributed by atoms with Crippen LogP contribution in [0.2, 0.25) is 0 Å². The Labute approximate surface area is 208 Å². The van der Waals surface area contributed by atoms with Crippen molar-refractivity contribution in [2.24, 2.45) is 5.92 Å². The highest BCUT2D eigenvalue weighted by atomic mass is 32.2. The van der Waals surface area contributed by atoms with Crippen molar-refractivity contribution in [3.8, 4) is 22.9 Å². The zero-order chi connectivity index (χ0) is 24.8. The summed E-state index contributed by atoms with van der Waals surface area (Å²) in [5, 5.41) is 18.0. The second kappa shape index (κ2) is 11.3. The zero-order valence-corrected chi connectivity index (χ0v) is 20.6. The first kappa shape index (κ1) is 24.6. The quantitative estimate of drug-likeness (QED) is 0.459. The molecule has 1 aliphatic heterocycles. The Bertz CT molecular complexity index is 1170. The maximum Gasteiger partial charge on any atom is 0.244 e. The number of para-hydroxylation sites is 1. The van der Waals surface area contributed by atoms with Gasteiger partial charge in [-0.2, -0.15) is 0 Å². The van der Waals surface area contributed by atoms with Gasteiger partial charge in [-0.3, -0.25) is 9.59 Å². The van der Waals surface area contributed by atoms with Crippen LogP contribution in [0.4, 0.5) is 5.69 Å². The number of anilines is 1. The van der Waals surface area contributed by atoms with Crippen LogP contribution in [0.1, 0.15) is 19.8 Å². The predicted molar refractivity (Wildman–Crippen MR) is 134 cm³/mol. The maximum absolute atomic E-state index is 13.0. The maximum atomic E-state index is 13.0. The summed E-state index contributed by atoms with van der Waals surface area (Å²) in [5.41, 5.74) is 1.12. The third-order valence-corrected chi connectivity index (χ3v) is 6.88. The van der Waals surface area contributed by atoms with Crippen molar-refractivity contribution >= 4 is 29.3 Å². The van der Waals surface area contributed by atoms with Crippen LogP contribution in [-0.2, 0) is 16.1 Å². The molecule has 35 heavy (non-hydrogen) atoms. The van der Waals surface area contributed by atoms with E-state index in [1.807, 2.05) is 4.90 Å². The van der Waals surface area contributed by atoms with E-state index in [2.05, 4.69) is 22.3 Å². The molecule has 4 rings (SSSR count). The molecule has 1 fully saturated rings. The summed E-state index contributed by atoms with van der Waals surface area (Å²) < 4.78 is 6.66. The van der Waals surface area contributed by atoms with Gasteiger partial charge in [-0.25, -0.2) is 9.67 Å². The molecule has 0 unspecified atom stereocenters. The van der Waals surface area contributed by atoms with E-state index in [1.165, 1.54) is 16.4 Å². The van der Waals surface area contributed by atoms with Crippen molar-refractivity contribution < 1.29 is 19.4 Å². The summed E-state index contributed by atoms with van der Waals surface area (Å²) in [4.78, 5) is 31.9. The van der Waals surface area contributed by atoms with E-state index in [0.717, 1.165) is 25.9 Å². The molecule has 0 bridgehead atoms. The number of hydrogen-bond acceptors (Lipinski definition) is 7. The minimum absolute atomic E-state index is 0.0252. The molecule has 0 aliphatic carbocycles. The number of phenols is 1. The lowest BCUT2D eigenvalue weighted by Gasteiger charge is -2.30. The fourth-order valence-corrected chi connectivity index (χ4v) is 4.54. The highest BCUT2D eigenvalue weighted by Crippen LogP contribution is 2.28. The van der Waals surface area contributed by atoms with Gasteiger partial charge in [-0.05, 0) is 55.2 Å². The second-order valence-electron chi connectivity index (χ2n) is 8.52. The van der Waals surface area contributed by atoms with Crippen molar-refractivity contribution in [1.29, 1.82) is 0 Å². The average molecular weight is 496 g/mol. The van der Waals surface area contributed by atoms with Gasteiger partial charge in [0, 0.05) is 18.8 Å². The number of ether oxygens (including phenoxy) is 1. The van der Waals surface area contributed by atoms with Gasteiger partial charge in [-0.15, -0.1) is 5.10 Å². The molecule has 1 aliphatic rings. The van der Waals surface area contributed by atoms with Gasteiger partial charge in [0.25, 0.3) is 0 Å². The molecule has 0 atom stereocenters. The first-order valence-corrected chi connectivity index (χ1v) is 12.5. The standard InChI is InChI=1S/C25H29N5O4S/c1-17-11-13-29(14-12-17)23(33)15-30-25(27-24(28-30)20-5-3-4-6-21(20)31)35-16-22(32)26-18-7-9-19(34-2)10-8-18/h3-10,17,31H,11-16H2,1-2H3,(H,26,32). The van der Waals surface area contributed by atoms with Crippen LogP contribution in [0.15, 0.2) is 53.7 Å². The largest absolute Gasteiger partial charge is 0.507 e. The zero-order valence-electron chi connectivity index (χ0n) is 19.8. The van der Waals surface area contributed by atoms with E-state index >= 15 is 0 Å². The topological polar surface area (TPSA) is 110 Å². The predicted octanol–water partition coefficient (Wildman–Crippen LogP) is 3.65. The van der Waals surface area contributed by atoms with Gasteiger partial charge < -0.3 is 20.1 Å². The number of benzene rings is 2. The van der Waals surface area contributed by atoms with E-state index in [4.69, 9.17) is 4.74 Å². The minimum Gasteiger partial charge on any atom is -0.507 e. The molecule has 3 aromatic rings. The molecule has 1 saturated heterocycles. The van der Waals surface area contributed by atoms with Gasteiger partial charge in [0.15, 0.2) is 11.0 Å². The normalized spacial score (nSPS) is 14.1. The van der Waals surface area contributed by atoms with Gasteiger partial charge in [0.05, 0.1) is 18.4 Å². The molecule has 0 radical (unpaired) electrons. The Balaban J connectivity index is 1.48. The van der Waals surface area contributed by atoms with Crippen LogP contribution in [0.5, 0.6) is 11.5 Å². The summed E-state index contributed by atoms with van der Waals surface area (Å²) in [6, 6.07) is 13.8. The molecule has 0 saturated carbocycles. The highest BCUT2D eigenvalue weighted by molar-refractivity contribution is 7.99. The van der Waals surface area contributed by atoms with Crippen LogP contribution < -0.4 is 10.1 Å². The molecule has 1 aromatic heterocycles. The van der Waals surface area contributed by atoms with Crippen molar-refractivity contribution in [2.75, 3.05) is 31.3 Å². The lowest BCUT2D eigenvalue weighted by Crippen LogP contribution is -2.40. The SMILES string of the molecule is COc1ccc(NC(=O)CSc2nc(-c3ccccc3O)nn2CC(=O)N2CCC(C)CC2)cc1. The third-order valence-electron chi connectivity index (χ3n) is 5.91. The first-order chi connectivity index (χ1) is 16.9. The van der Waals surface area contributed by atoms with E-state index in [-0.39, 0.29) is 29.9 Å². The number of likely N-dealkylation sites (tertiary alicyclic amines) is 1. The molecular weight excluding hydrogens is 466 g/mol. The van der Waals surface area contributed by atoms with Gasteiger partial charge >= 0.3 is 0 Å². The number of hydrogen-bond donors (Lipinski definition) is 2. The number of carbonyl (C=O) groups is 2. The molecular formula is C25H29N5O4S. The van der Waals surface area contributed by atoms with E-state index < -0.39 is 0 Å². The second-order valence-corrected chi connectivity index (χ2v) is 9.46. The molecule has 2 N–H and O–H groups in total. The summed E-state index contributed by atoms with van der Waals surface area (Å²) in [6.45, 7) is 3.68. The number of nitrogens with zero attached hydrogens (tertiary/aromatic N) is 4. The smallest absolute Gasteiger partial charge is 0.244 e. The molecule has 2 aromatic carbocycles. The Kier molecular flexibility index (Phi) is 7.91. The Morgan fingerprint density at radius 3 is 2.54 bits per heavy atom. The highest BCUT2D eigenvalue weighted by Gasteiger charge is 2.23. The van der Waals surface area contributed by atoms with Crippen molar-refractivity contribution in [2.45, 2.75) is 31.5 Å². The fourth-order valence-electron chi connectivity index (χ4n) is 3.80. The Morgan fingerprint density at radius 1 is 1.14 bits per heavy atom. The van der Waals surface area contributed by atoms with E-state index in [1.54, 1.807) is 55.6 Å². The van der Waals surface area contributed by atoms with Crippen LogP contribution in [0, 0.1) is 5.92 Å². The molecule has 184 valence electrons. The van der Waals surface area contributed by atoms with Crippen LogP contribution in [0.25, 0.3) is 11.4 Å². The third kappa shape index (κ3) is 6.33. The lowest BCUT2D eigenvalue weighted by molar-refractivity contribution is -0.133. The van der Waals surface area contributed by atoms with Crippen LogP contribution in [-0.4, -0.2) is 62.5 Å². The van der Waals surface area contributed by atoms with Crippen LogP contribution >= 0.6 is 11.8 Å². The number of aromatic nitrogens is 3. The summed E-state index contributed by atoms with van der Waals surface area (Å²) in [6.07, 6.45) is 1.97. The van der Waals surface area contributed by atoms with Crippen molar-refractivity contribution in [1.82, 2.24) is 19.7 Å². The number of rotatable bonds is 8. The number of methoxy groups -OCH3 is 1. The average Bonchev–Trinajstić information content (AvgIpc) is 3.26. The summed E-state index contributed by atoms with van der Waals surface area (Å²) >= 11 is 1.19. The summed E-state index contributed by atoms with van der Waals surface area (Å²) in [7, 11) is 1.58. The number of piperidine rings is 1. The number of nitrogens with one attached hydrogen (secondary N) is 1. The van der Waals surface area contributed by atoms with E-state index in [0.29, 0.717) is 33.9 Å². The lowest BCUT2D eigenvalue weighted by atomic mass is 9.99. The molecule has 9 nitrogen and oxygen atoms in total. The monoisotopic (exact) mass is 495 g/mol. The first-order valence-electron chi connectivity index (χ1n) is 11.5. The summed E-state index contributed by atoms with van der Waals surface area (Å²) in [5.74, 6) is 1.52. The molecule has 2 heterocycles. The van der Waals surface area contributed by atoms with Gasteiger partial charge in [-0.1, -0.05) is 30.8 Å². The van der Waals surface area contributed by atoms with Crippen LogP contribution in [0.3, 0.4) is 0 Å². The molecule has 2 amide bonds. The number of aromatic hydroxyl groups is 1. The minimum atomic E-state index is -0.213. The number of amides is 2.